The third kappa shape index (κ3) is 4.80. The lowest BCUT2D eigenvalue weighted by atomic mass is 10.1. The zero-order chi connectivity index (χ0) is 16.9. The van der Waals surface area contributed by atoms with Gasteiger partial charge in [0, 0.05) is 17.0 Å². The Labute approximate surface area is 141 Å². The van der Waals surface area contributed by atoms with Gasteiger partial charge in [-0.2, -0.15) is 4.31 Å². The second kappa shape index (κ2) is 7.95. The number of hydrogen-bond acceptors (Lipinski definition) is 4. The molecule has 0 bridgehead atoms. The van der Waals surface area contributed by atoms with Crippen LogP contribution in [0.1, 0.15) is 31.7 Å². The molecule has 0 aliphatic carbocycles. The Morgan fingerprint density at radius 2 is 2.04 bits per heavy atom. The van der Waals surface area contributed by atoms with Crippen LogP contribution in [0.25, 0.3) is 6.08 Å². The van der Waals surface area contributed by atoms with Crippen LogP contribution >= 0.6 is 11.6 Å². The van der Waals surface area contributed by atoms with Gasteiger partial charge in [-0.05, 0) is 50.0 Å². The maximum absolute atomic E-state index is 12.6. The van der Waals surface area contributed by atoms with Gasteiger partial charge in [-0.25, -0.2) is 8.42 Å². The summed E-state index contributed by atoms with van der Waals surface area (Å²) in [5, 5.41) is 1.72. The molecule has 1 saturated heterocycles. The van der Waals surface area contributed by atoms with E-state index in [1.807, 2.05) is 0 Å². The Kier molecular flexibility index (Phi) is 6.21. The van der Waals surface area contributed by atoms with E-state index in [1.165, 1.54) is 10.4 Å². The van der Waals surface area contributed by atoms with E-state index in [2.05, 4.69) is 0 Å². The van der Waals surface area contributed by atoms with Crippen molar-refractivity contribution < 1.29 is 17.9 Å². The van der Waals surface area contributed by atoms with Gasteiger partial charge in [0.25, 0.3) is 0 Å². The average molecular weight is 358 g/mol. The van der Waals surface area contributed by atoms with Gasteiger partial charge in [-0.1, -0.05) is 23.7 Å². The van der Waals surface area contributed by atoms with E-state index in [0.29, 0.717) is 18.0 Å². The number of carbonyl (C=O) groups is 1. The minimum absolute atomic E-state index is 0.240. The van der Waals surface area contributed by atoms with Crippen molar-refractivity contribution in [3.05, 3.63) is 40.3 Å². The standard InChI is InChI=1S/C16H20ClNO4S/c1-2-22-16(19)15-5-3-4-11-18(15)23(20,21)12-10-13-6-8-14(17)9-7-13/h6-10,12,15H,2-5,11H2,1H3/b12-10+. The summed E-state index contributed by atoms with van der Waals surface area (Å²) in [5.41, 5.74) is 0.725. The van der Waals surface area contributed by atoms with Crippen molar-refractivity contribution in [3.63, 3.8) is 0 Å². The van der Waals surface area contributed by atoms with Crippen LogP contribution in [0, 0.1) is 0 Å². The Morgan fingerprint density at radius 3 is 2.70 bits per heavy atom. The normalized spacial score (nSPS) is 19.8. The lowest BCUT2D eigenvalue weighted by Gasteiger charge is -2.31. The fourth-order valence-electron chi connectivity index (χ4n) is 2.50. The molecule has 1 fully saturated rings. The molecule has 1 aromatic rings. The van der Waals surface area contributed by atoms with Crippen LogP contribution in [0.3, 0.4) is 0 Å². The number of benzene rings is 1. The highest BCUT2D eigenvalue weighted by Gasteiger charge is 2.36. The Balaban J connectivity index is 2.18. The first-order chi connectivity index (χ1) is 10.9. The highest BCUT2D eigenvalue weighted by atomic mass is 35.5. The molecule has 126 valence electrons. The molecule has 1 unspecified atom stereocenters. The molecular weight excluding hydrogens is 338 g/mol. The molecule has 2 rings (SSSR count). The molecule has 7 heteroatoms. The predicted octanol–water partition coefficient (Wildman–Crippen LogP) is 3.06. The number of ether oxygens (including phenoxy) is 1. The monoisotopic (exact) mass is 357 g/mol. The van der Waals surface area contributed by atoms with Crippen LogP contribution in [0.2, 0.25) is 5.02 Å². The molecule has 23 heavy (non-hydrogen) atoms. The Hall–Kier alpha value is -1.37. The van der Waals surface area contributed by atoms with Crippen molar-refractivity contribution in [2.45, 2.75) is 32.2 Å². The van der Waals surface area contributed by atoms with Crippen LogP contribution in [-0.2, 0) is 19.6 Å². The Morgan fingerprint density at radius 1 is 1.35 bits per heavy atom. The lowest BCUT2D eigenvalue weighted by molar-refractivity contribution is -0.148. The van der Waals surface area contributed by atoms with E-state index in [0.717, 1.165) is 23.8 Å². The van der Waals surface area contributed by atoms with Crippen molar-refractivity contribution in [2.75, 3.05) is 13.2 Å². The summed E-state index contributed by atoms with van der Waals surface area (Å²) in [4.78, 5) is 12.0. The number of nitrogens with zero attached hydrogens (tertiary/aromatic N) is 1. The minimum Gasteiger partial charge on any atom is -0.465 e. The highest BCUT2D eigenvalue weighted by Crippen LogP contribution is 2.23. The van der Waals surface area contributed by atoms with Gasteiger partial charge in [0.1, 0.15) is 6.04 Å². The molecule has 1 atom stereocenters. The van der Waals surface area contributed by atoms with E-state index in [9.17, 15) is 13.2 Å². The molecular formula is C16H20ClNO4S. The van der Waals surface area contributed by atoms with Crippen LogP contribution in [-0.4, -0.2) is 37.9 Å². The largest absolute Gasteiger partial charge is 0.465 e. The molecule has 0 N–H and O–H groups in total. The van der Waals surface area contributed by atoms with Gasteiger partial charge in [0.2, 0.25) is 10.0 Å². The molecule has 0 radical (unpaired) electrons. The van der Waals surface area contributed by atoms with Crippen LogP contribution in [0.4, 0.5) is 0 Å². The molecule has 0 amide bonds. The van der Waals surface area contributed by atoms with E-state index in [4.69, 9.17) is 16.3 Å². The number of rotatable bonds is 5. The topological polar surface area (TPSA) is 63.7 Å². The fraction of sp³-hybridized carbons (Fsp3) is 0.438. The molecule has 1 aromatic carbocycles. The van der Waals surface area contributed by atoms with Crippen LogP contribution < -0.4 is 0 Å². The minimum atomic E-state index is -3.69. The summed E-state index contributed by atoms with van der Waals surface area (Å²) in [5.74, 6) is -0.476. The third-order valence-corrected chi connectivity index (χ3v) is 5.46. The summed E-state index contributed by atoms with van der Waals surface area (Å²) in [6.45, 7) is 2.28. The lowest BCUT2D eigenvalue weighted by Crippen LogP contribution is -2.47. The molecule has 5 nitrogen and oxygen atoms in total. The van der Waals surface area contributed by atoms with Gasteiger partial charge in [0.15, 0.2) is 0 Å². The highest BCUT2D eigenvalue weighted by molar-refractivity contribution is 7.92. The SMILES string of the molecule is CCOC(=O)C1CCCCN1S(=O)(=O)/C=C/c1ccc(Cl)cc1. The maximum Gasteiger partial charge on any atom is 0.324 e. The molecule has 1 aliphatic heterocycles. The molecule has 0 saturated carbocycles. The van der Waals surface area contributed by atoms with Gasteiger partial charge < -0.3 is 4.74 Å². The first-order valence-corrected chi connectivity index (χ1v) is 9.44. The van der Waals surface area contributed by atoms with Gasteiger partial charge in [0.05, 0.1) is 6.61 Å². The van der Waals surface area contributed by atoms with E-state index >= 15 is 0 Å². The zero-order valence-electron chi connectivity index (χ0n) is 12.9. The second-order valence-corrected chi connectivity index (χ2v) is 7.48. The summed E-state index contributed by atoms with van der Waals surface area (Å²) in [6.07, 6.45) is 3.55. The van der Waals surface area contributed by atoms with E-state index in [1.54, 1.807) is 31.2 Å². The number of halogens is 1. The average Bonchev–Trinajstić information content (AvgIpc) is 2.54. The number of esters is 1. The number of sulfonamides is 1. The summed E-state index contributed by atoms with van der Waals surface area (Å²) >= 11 is 5.81. The second-order valence-electron chi connectivity index (χ2n) is 5.27. The van der Waals surface area contributed by atoms with Gasteiger partial charge >= 0.3 is 5.97 Å². The van der Waals surface area contributed by atoms with Crippen molar-refractivity contribution in [2.24, 2.45) is 0 Å². The maximum atomic E-state index is 12.6. The van der Waals surface area contributed by atoms with Crippen molar-refractivity contribution in [1.82, 2.24) is 4.31 Å². The van der Waals surface area contributed by atoms with Crippen LogP contribution in [0.15, 0.2) is 29.7 Å². The van der Waals surface area contributed by atoms with Crippen molar-refractivity contribution in [3.8, 4) is 0 Å². The van der Waals surface area contributed by atoms with Gasteiger partial charge in [-0.3, -0.25) is 4.79 Å². The summed E-state index contributed by atoms with van der Waals surface area (Å²) < 4.78 is 31.3. The summed E-state index contributed by atoms with van der Waals surface area (Å²) in [6, 6.07) is 6.11. The van der Waals surface area contributed by atoms with Gasteiger partial charge in [-0.15, -0.1) is 0 Å². The number of hydrogen-bond donors (Lipinski definition) is 0. The fourth-order valence-corrected chi connectivity index (χ4v) is 4.04. The van der Waals surface area contributed by atoms with Crippen molar-refractivity contribution in [1.29, 1.82) is 0 Å². The molecule has 0 aromatic heterocycles. The number of piperidine rings is 1. The van der Waals surface area contributed by atoms with E-state index < -0.39 is 22.0 Å². The first-order valence-electron chi connectivity index (χ1n) is 7.56. The quantitative estimate of drug-likeness (QED) is 0.760. The Bertz CT molecular complexity index is 670. The molecule has 1 heterocycles. The third-order valence-electron chi connectivity index (χ3n) is 3.64. The van der Waals surface area contributed by atoms with Crippen LogP contribution in [0.5, 0.6) is 0 Å². The number of carbonyl (C=O) groups excluding carboxylic acids is 1. The molecule has 1 aliphatic rings. The summed E-state index contributed by atoms with van der Waals surface area (Å²) in [7, 11) is -3.69. The molecule has 0 spiro atoms. The van der Waals surface area contributed by atoms with E-state index in [-0.39, 0.29) is 6.61 Å². The first kappa shape index (κ1) is 18.0. The predicted molar refractivity (Wildman–Crippen MR) is 90.4 cm³/mol. The zero-order valence-corrected chi connectivity index (χ0v) is 14.5. The van der Waals surface area contributed by atoms with Crippen molar-refractivity contribution >= 4 is 33.7 Å². The smallest absolute Gasteiger partial charge is 0.324 e.